The van der Waals surface area contributed by atoms with Crippen LogP contribution in [0.4, 0.5) is 0 Å². The summed E-state index contributed by atoms with van der Waals surface area (Å²) in [6, 6.07) is -3.70. The highest BCUT2D eigenvalue weighted by atomic mass is 32.1. The van der Waals surface area contributed by atoms with Gasteiger partial charge in [-0.15, -0.1) is 0 Å². The molecule has 0 saturated carbocycles. The summed E-state index contributed by atoms with van der Waals surface area (Å²) in [5.74, 6) is -2.53. The number of hydrogen-bond acceptors (Lipinski definition) is 7. The number of thiol groups is 1. The number of carbonyl (C=O) groups excluding carboxylic acids is 3. The molecular formula is C20H32N6O5S. The van der Waals surface area contributed by atoms with E-state index in [0.29, 0.717) is 31.5 Å². The molecule has 32 heavy (non-hydrogen) atoms. The maximum atomic E-state index is 13.1. The lowest BCUT2D eigenvalue weighted by Gasteiger charge is -2.29. The number of likely N-dealkylation sites (tertiary alicyclic amines) is 1. The van der Waals surface area contributed by atoms with Crippen LogP contribution >= 0.6 is 12.6 Å². The van der Waals surface area contributed by atoms with Crippen LogP contribution in [0.15, 0.2) is 12.5 Å². The number of nitrogens with one attached hydrogen (secondary N) is 3. The van der Waals surface area contributed by atoms with Gasteiger partial charge in [0.25, 0.3) is 0 Å². The number of carboxylic acid groups (broad SMARTS) is 1. The summed E-state index contributed by atoms with van der Waals surface area (Å²) in [7, 11) is 0. The average molecular weight is 469 g/mol. The molecule has 0 spiro atoms. The molecule has 3 amide bonds. The lowest BCUT2D eigenvalue weighted by Crippen LogP contribution is -2.58. The zero-order chi connectivity index (χ0) is 23.8. The number of nitrogens with two attached hydrogens (primary N) is 1. The fourth-order valence-corrected chi connectivity index (χ4v) is 3.91. The second-order valence-corrected chi connectivity index (χ2v) is 8.71. The molecule has 0 aromatic carbocycles. The van der Waals surface area contributed by atoms with E-state index in [9.17, 15) is 24.3 Å². The van der Waals surface area contributed by atoms with Gasteiger partial charge in [0.1, 0.15) is 18.1 Å². The number of imidazole rings is 1. The highest BCUT2D eigenvalue weighted by Crippen LogP contribution is 2.20. The quantitative estimate of drug-likeness (QED) is 0.233. The first-order valence-electron chi connectivity index (χ1n) is 10.6. The molecule has 0 bridgehead atoms. The van der Waals surface area contributed by atoms with Crippen LogP contribution in [0.2, 0.25) is 0 Å². The van der Waals surface area contributed by atoms with Crippen molar-refractivity contribution in [1.29, 1.82) is 0 Å². The van der Waals surface area contributed by atoms with Gasteiger partial charge in [0.05, 0.1) is 12.4 Å². The first-order valence-corrected chi connectivity index (χ1v) is 11.2. The Morgan fingerprint density at radius 3 is 2.53 bits per heavy atom. The second kappa shape index (κ2) is 11.9. The van der Waals surface area contributed by atoms with E-state index in [2.05, 4.69) is 33.2 Å². The van der Waals surface area contributed by atoms with Crippen molar-refractivity contribution in [2.24, 2.45) is 11.7 Å². The Bertz CT molecular complexity index is 802. The Morgan fingerprint density at radius 1 is 1.28 bits per heavy atom. The Morgan fingerprint density at radius 2 is 1.97 bits per heavy atom. The van der Waals surface area contributed by atoms with Gasteiger partial charge < -0.3 is 31.4 Å². The number of aromatic amines is 1. The normalized spacial score (nSPS) is 18.8. The number of hydrogen-bond donors (Lipinski definition) is 6. The van der Waals surface area contributed by atoms with Crippen LogP contribution in [-0.2, 0) is 25.6 Å². The zero-order valence-electron chi connectivity index (χ0n) is 18.3. The molecule has 1 saturated heterocycles. The lowest BCUT2D eigenvalue weighted by molar-refractivity contribution is -0.149. The summed E-state index contributed by atoms with van der Waals surface area (Å²) >= 11 is 4.15. The van der Waals surface area contributed by atoms with Gasteiger partial charge in [-0.1, -0.05) is 13.8 Å². The molecule has 1 aromatic heterocycles. The molecule has 1 aliphatic heterocycles. The molecule has 6 N–H and O–H groups in total. The largest absolute Gasteiger partial charge is 0.480 e. The molecule has 11 nitrogen and oxygen atoms in total. The summed E-state index contributed by atoms with van der Waals surface area (Å²) < 4.78 is 0. The van der Waals surface area contributed by atoms with Gasteiger partial charge in [0, 0.05) is 30.6 Å². The van der Waals surface area contributed by atoms with E-state index in [4.69, 9.17) is 5.73 Å². The minimum Gasteiger partial charge on any atom is -0.480 e. The van der Waals surface area contributed by atoms with Crippen LogP contribution < -0.4 is 16.4 Å². The molecule has 4 unspecified atom stereocenters. The number of nitrogens with zero attached hydrogens (tertiary/aromatic N) is 2. The fraction of sp³-hybridized carbons (Fsp3) is 0.650. The predicted octanol–water partition coefficient (Wildman–Crippen LogP) is -0.699. The maximum absolute atomic E-state index is 13.1. The van der Waals surface area contributed by atoms with E-state index in [1.54, 1.807) is 6.20 Å². The van der Waals surface area contributed by atoms with Crippen molar-refractivity contribution < 1.29 is 24.3 Å². The number of amides is 3. The summed E-state index contributed by atoms with van der Waals surface area (Å²) in [6.45, 7) is 4.13. The van der Waals surface area contributed by atoms with Crippen molar-refractivity contribution in [2.45, 2.75) is 63.7 Å². The molecule has 1 fully saturated rings. The lowest BCUT2D eigenvalue weighted by atomic mass is 10.0. The summed E-state index contributed by atoms with van der Waals surface area (Å²) in [5, 5.41) is 14.6. The van der Waals surface area contributed by atoms with Crippen molar-refractivity contribution in [2.75, 3.05) is 12.3 Å². The number of aromatic nitrogens is 2. The molecule has 2 rings (SSSR count). The molecule has 178 valence electrons. The number of rotatable bonds is 11. The van der Waals surface area contributed by atoms with E-state index in [1.165, 1.54) is 11.2 Å². The molecular weight excluding hydrogens is 436 g/mol. The van der Waals surface area contributed by atoms with Gasteiger partial charge >= 0.3 is 5.97 Å². The smallest absolute Gasteiger partial charge is 0.326 e. The van der Waals surface area contributed by atoms with Gasteiger partial charge in [-0.05, 0) is 25.2 Å². The van der Waals surface area contributed by atoms with Gasteiger partial charge in [0.15, 0.2) is 0 Å². The number of carbonyl (C=O) groups is 4. The van der Waals surface area contributed by atoms with Crippen LogP contribution in [0.25, 0.3) is 0 Å². The van der Waals surface area contributed by atoms with Crippen LogP contribution in [0, 0.1) is 5.92 Å². The minimum absolute atomic E-state index is 0.00158. The second-order valence-electron chi connectivity index (χ2n) is 8.35. The van der Waals surface area contributed by atoms with Crippen LogP contribution in [0.3, 0.4) is 0 Å². The molecule has 0 radical (unpaired) electrons. The molecule has 2 heterocycles. The average Bonchev–Trinajstić information content (AvgIpc) is 3.42. The number of H-pyrrole nitrogens is 1. The summed E-state index contributed by atoms with van der Waals surface area (Å²) in [4.78, 5) is 57.9. The van der Waals surface area contributed by atoms with E-state index >= 15 is 0 Å². The predicted molar refractivity (Wildman–Crippen MR) is 120 cm³/mol. The van der Waals surface area contributed by atoms with Crippen molar-refractivity contribution in [3.05, 3.63) is 18.2 Å². The Balaban J connectivity index is 2.03. The summed E-state index contributed by atoms with van der Waals surface area (Å²) in [6.07, 6.45) is 4.56. The SMILES string of the molecule is CC(C)CC(NC(=O)C(CS)NC(=O)C(N)Cc1cnc[nH]1)C(=O)N1CCCC1C(=O)O. The van der Waals surface area contributed by atoms with E-state index in [-0.39, 0.29) is 18.1 Å². The minimum atomic E-state index is -1.06. The van der Waals surface area contributed by atoms with Gasteiger partial charge in [-0.2, -0.15) is 12.6 Å². The topological polar surface area (TPSA) is 171 Å². The maximum Gasteiger partial charge on any atom is 0.326 e. The molecule has 1 aliphatic rings. The Hall–Kier alpha value is -2.60. The van der Waals surface area contributed by atoms with E-state index in [0.717, 1.165) is 0 Å². The molecule has 12 heteroatoms. The third kappa shape index (κ3) is 6.95. The molecule has 0 aliphatic carbocycles. The first kappa shape index (κ1) is 25.7. The van der Waals surface area contributed by atoms with Crippen molar-refractivity contribution in [1.82, 2.24) is 25.5 Å². The van der Waals surface area contributed by atoms with Crippen molar-refractivity contribution >= 4 is 36.3 Å². The van der Waals surface area contributed by atoms with Gasteiger partial charge in [0.2, 0.25) is 17.7 Å². The Kier molecular flexibility index (Phi) is 9.51. The monoisotopic (exact) mass is 468 g/mol. The fourth-order valence-electron chi connectivity index (χ4n) is 3.65. The van der Waals surface area contributed by atoms with Crippen molar-refractivity contribution in [3.8, 4) is 0 Å². The van der Waals surface area contributed by atoms with Gasteiger partial charge in [-0.25, -0.2) is 9.78 Å². The van der Waals surface area contributed by atoms with Crippen molar-refractivity contribution in [3.63, 3.8) is 0 Å². The van der Waals surface area contributed by atoms with Gasteiger partial charge in [-0.3, -0.25) is 14.4 Å². The summed E-state index contributed by atoms with van der Waals surface area (Å²) in [5.41, 5.74) is 6.60. The molecule has 4 atom stereocenters. The highest BCUT2D eigenvalue weighted by molar-refractivity contribution is 7.80. The van der Waals surface area contributed by atoms with Crippen LogP contribution in [-0.4, -0.2) is 80.1 Å². The first-order chi connectivity index (χ1) is 15.1. The third-order valence-corrected chi connectivity index (χ3v) is 5.65. The molecule has 1 aromatic rings. The Labute approximate surface area is 192 Å². The zero-order valence-corrected chi connectivity index (χ0v) is 19.2. The third-order valence-electron chi connectivity index (χ3n) is 5.29. The number of aliphatic carboxylic acids is 1. The standard InChI is InChI=1S/C20H32N6O5S/c1-11(2)6-14(19(29)26-5-3-4-16(26)20(30)31)24-18(28)15(9-32)25-17(27)13(21)7-12-8-22-10-23-12/h8,10-11,13-16,32H,3-7,9,21H2,1-2H3,(H,22,23)(H,24,28)(H,25,27)(H,30,31). The van der Waals surface area contributed by atoms with Crippen LogP contribution in [0.1, 0.15) is 38.8 Å². The number of carboxylic acids is 1. The highest BCUT2D eigenvalue weighted by Gasteiger charge is 2.38. The van der Waals surface area contributed by atoms with Crippen LogP contribution in [0.5, 0.6) is 0 Å². The van der Waals surface area contributed by atoms with E-state index < -0.39 is 47.9 Å². The van der Waals surface area contributed by atoms with E-state index in [1.807, 2.05) is 13.8 Å².